The second-order valence-electron chi connectivity index (χ2n) is 6.76. The van der Waals surface area contributed by atoms with Crippen LogP contribution in [0.3, 0.4) is 0 Å². The number of nitrogens with zero attached hydrogens (tertiary/aromatic N) is 1. The van der Waals surface area contributed by atoms with Crippen LogP contribution in [0.5, 0.6) is 0 Å². The van der Waals surface area contributed by atoms with Crippen molar-refractivity contribution >= 4 is 16.9 Å². The van der Waals surface area contributed by atoms with E-state index in [-0.39, 0.29) is 6.42 Å². The molecule has 1 heterocycles. The van der Waals surface area contributed by atoms with Gasteiger partial charge in [0.25, 0.3) is 0 Å². The summed E-state index contributed by atoms with van der Waals surface area (Å²) in [6, 6.07) is 27.2. The molecule has 0 radical (unpaired) electrons. The Kier molecular flexibility index (Phi) is 4.75. The van der Waals surface area contributed by atoms with E-state index in [1.165, 1.54) is 16.7 Å². The van der Waals surface area contributed by atoms with E-state index in [1.54, 1.807) is 0 Å². The molecule has 0 aliphatic rings. The maximum atomic E-state index is 10.9. The Labute approximate surface area is 158 Å². The topological polar surface area (TPSA) is 42.2 Å². The minimum Gasteiger partial charge on any atom is -0.481 e. The maximum absolute atomic E-state index is 10.9. The molecule has 0 aliphatic heterocycles. The van der Waals surface area contributed by atoms with E-state index < -0.39 is 5.97 Å². The molecule has 27 heavy (non-hydrogen) atoms. The van der Waals surface area contributed by atoms with Gasteiger partial charge in [-0.1, -0.05) is 72.8 Å². The smallest absolute Gasteiger partial charge is 0.303 e. The Hall–Kier alpha value is -3.33. The van der Waals surface area contributed by atoms with E-state index in [9.17, 15) is 4.79 Å². The normalized spacial score (nSPS) is 11.0. The highest BCUT2D eigenvalue weighted by Gasteiger charge is 2.10. The van der Waals surface area contributed by atoms with Gasteiger partial charge in [0.2, 0.25) is 0 Å². The van der Waals surface area contributed by atoms with Crippen molar-refractivity contribution in [2.75, 3.05) is 0 Å². The first-order valence-corrected chi connectivity index (χ1v) is 9.13. The molecule has 4 rings (SSSR count). The summed E-state index contributed by atoms with van der Waals surface area (Å²) in [6.45, 7) is 0.767. The number of para-hydroxylation sites is 1. The molecule has 0 bridgehead atoms. The van der Waals surface area contributed by atoms with Gasteiger partial charge in [0, 0.05) is 30.1 Å². The molecule has 3 aromatic carbocycles. The number of benzene rings is 3. The van der Waals surface area contributed by atoms with Crippen molar-refractivity contribution in [2.24, 2.45) is 0 Å². The van der Waals surface area contributed by atoms with Gasteiger partial charge in [-0.3, -0.25) is 4.79 Å². The van der Waals surface area contributed by atoms with Gasteiger partial charge < -0.3 is 9.67 Å². The van der Waals surface area contributed by atoms with Gasteiger partial charge in [-0.25, -0.2) is 0 Å². The summed E-state index contributed by atoms with van der Waals surface area (Å²) in [5, 5.41) is 10.1. The molecule has 0 saturated carbocycles. The number of aromatic nitrogens is 1. The minimum absolute atomic E-state index is 0.153. The average Bonchev–Trinajstić information content (AvgIpc) is 3.05. The van der Waals surface area contributed by atoms with Gasteiger partial charge in [0.15, 0.2) is 0 Å². The van der Waals surface area contributed by atoms with E-state index in [0.29, 0.717) is 6.42 Å². The fourth-order valence-corrected chi connectivity index (χ4v) is 3.52. The fourth-order valence-electron chi connectivity index (χ4n) is 3.52. The molecular weight excluding hydrogens is 334 g/mol. The molecule has 3 nitrogen and oxygen atoms in total. The first-order valence-electron chi connectivity index (χ1n) is 9.13. The lowest BCUT2D eigenvalue weighted by atomic mass is 10.0. The third-order valence-electron chi connectivity index (χ3n) is 4.89. The zero-order chi connectivity index (χ0) is 18.6. The number of aryl methyl sites for hydroxylation is 1. The highest BCUT2D eigenvalue weighted by molar-refractivity contribution is 5.84. The molecule has 0 spiro atoms. The SMILES string of the molecule is O=C(O)CCc1cn(Cc2ccc(-c3ccccc3)cc2)c2ccccc12. The van der Waals surface area contributed by atoms with Gasteiger partial charge in [0.1, 0.15) is 0 Å². The number of hydrogen-bond acceptors (Lipinski definition) is 1. The molecule has 0 unspecified atom stereocenters. The third kappa shape index (κ3) is 3.77. The summed E-state index contributed by atoms with van der Waals surface area (Å²) in [6.07, 6.45) is 2.80. The molecule has 3 heteroatoms. The molecule has 1 N–H and O–H groups in total. The number of hydrogen-bond donors (Lipinski definition) is 1. The van der Waals surface area contributed by atoms with Gasteiger partial charge >= 0.3 is 5.97 Å². The summed E-state index contributed by atoms with van der Waals surface area (Å²) in [7, 11) is 0. The lowest BCUT2D eigenvalue weighted by Gasteiger charge is -2.07. The predicted octanol–water partition coefficient (Wildman–Crippen LogP) is 5.37. The number of rotatable bonds is 6. The largest absolute Gasteiger partial charge is 0.481 e. The molecule has 0 fully saturated rings. The zero-order valence-corrected chi connectivity index (χ0v) is 15.0. The Morgan fingerprint density at radius 1 is 0.815 bits per heavy atom. The van der Waals surface area contributed by atoms with E-state index in [1.807, 2.05) is 30.3 Å². The van der Waals surface area contributed by atoms with Crippen LogP contribution in [0, 0.1) is 0 Å². The number of carboxylic acids is 1. The average molecular weight is 355 g/mol. The van der Waals surface area contributed by atoms with Crippen LogP contribution < -0.4 is 0 Å². The zero-order valence-electron chi connectivity index (χ0n) is 15.0. The number of fused-ring (bicyclic) bond motifs is 1. The van der Waals surface area contributed by atoms with E-state index >= 15 is 0 Å². The van der Waals surface area contributed by atoms with Crippen molar-refractivity contribution in [3.63, 3.8) is 0 Å². The molecule has 1 aromatic heterocycles. The second-order valence-corrected chi connectivity index (χ2v) is 6.76. The summed E-state index contributed by atoms with van der Waals surface area (Å²) in [5.74, 6) is -0.761. The molecule has 134 valence electrons. The molecule has 0 atom stereocenters. The molecule has 0 saturated heterocycles. The summed E-state index contributed by atoms with van der Waals surface area (Å²) in [4.78, 5) is 10.9. The standard InChI is InChI=1S/C24H21NO2/c26-24(27)15-14-21-17-25(23-9-5-4-8-22(21)23)16-18-10-12-20(13-11-18)19-6-2-1-3-7-19/h1-13,17H,14-16H2,(H,26,27). The molecule has 0 aliphatic carbocycles. The molecular formula is C24H21NO2. The third-order valence-corrected chi connectivity index (χ3v) is 4.89. The van der Waals surface area contributed by atoms with Gasteiger partial charge in [-0.15, -0.1) is 0 Å². The summed E-state index contributed by atoms with van der Waals surface area (Å²) in [5.41, 5.74) is 5.88. The highest BCUT2D eigenvalue weighted by Crippen LogP contribution is 2.25. The monoisotopic (exact) mass is 355 g/mol. The number of carbonyl (C=O) groups is 1. The van der Waals surface area contributed by atoms with Crippen LogP contribution >= 0.6 is 0 Å². The lowest BCUT2D eigenvalue weighted by molar-refractivity contribution is -0.136. The number of aliphatic carboxylic acids is 1. The van der Waals surface area contributed by atoms with Crippen LogP contribution in [0.25, 0.3) is 22.0 Å². The van der Waals surface area contributed by atoms with Crippen LogP contribution in [0.15, 0.2) is 85.1 Å². The predicted molar refractivity (Wildman–Crippen MR) is 109 cm³/mol. The quantitative estimate of drug-likeness (QED) is 0.505. The van der Waals surface area contributed by atoms with Gasteiger partial charge in [0.05, 0.1) is 0 Å². The van der Waals surface area contributed by atoms with E-state index in [0.717, 1.165) is 23.0 Å². The molecule has 4 aromatic rings. The van der Waals surface area contributed by atoms with Crippen LogP contribution in [-0.2, 0) is 17.8 Å². The summed E-state index contributed by atoms with van der Waals surface area (Å²) >= 11 is 0. The van der Waals surface area contributed by atoms with Crippen LogP contribution in [0.4, 0.5) is 0 Å². The van der Waals surface area contributed by atoms with E-state index in [4.69, 9.17) is 5.11 Å². The van der Waals surface area contributed by atoms with Crippen molar-refractivity contribution in [1.29, 1.82) is 0 Å². The Morgan fingerprint density at radius 2 is 1.48 bits per heavy atom. The van der Waals surface area contributed by atoms with Crippen LogP contribution in [0.1, 0.15) is 17.5 Å². The van der Waals surface area contributed by atoms with Gasteiger partial charge in [-0.2, -0.15) is 0 Å². The Bertz CT molecular complexity index is 1060. The van der Waals surface area contributed by atoms with Crippen molar-refractivity contribution in [3.8, 4) is 11.1 Å². The first kappa shape index (κ1) is 17.1. The Balaban J connectivity index is 1.60. The van der Waals surface area contributed by atoms with Crippen molar-refractivity contribution in [3.05, 3.63) is 96.2 Å². The first-order chi connectivity index (χ1) is 13.2. The van der Waals surface area contributed by atoms with Crippen molar-refractivity contribution < 1.29 is 9.90 Å². The molecule has 0 amide bonds. The second kappa shape index (κ2) is 7.50. The van der Waals surface area contributed by atoms with E-state index in [2.05, 4.69) is 59.3 Å². The number of carboxylic acid groups (broad SMARTS) is 1. The van der Waals surface area contributed by atoms with Crippen LogP contribution in [-0.4, -0.2) is 15.6 Å². The maximum Gasteiger partial charge on any atom is 0.303 e. The lowest BCUT2D eigenvalue weighted by Crippen LogP contribution is -1.98. The Morgan fingerprint density at radius 3 is 2.22 bits per heavy atom. The van der Waals surface area contributed by atoms with Crippen molar-refractivity contribution in [2.45, 2.75) is 19.4 Å². The summed E-state index contributed by atoms with van der Waals surface area (Å²) < 4.78 is 2.21. The van der Waals surface area contributed by atoms with Gasteiger partial charge in [-0.05, 0) is 34.7 Å². The van der Waals surface area contributed by atoms with Crippen molar-refractivity contribution in [1.82, 2.24) is 4.57 Å². The minimum atomic E-state index is -0.761. The van der Waals surface area contributed by atoms with Crippen LogP contribution in [0.2, 0.25) is 0 Å². The fraction of sp³-hybridized carbons (Fsp3) is 0.125. The highest BCUT2D eigenvalue weighted by atomic mass is 16.4.